The highest BCUT2D eigenvalue weighted by Gasteiger charge is 2.38. The van der Waals surface area contributed by atoms with Crippen LogP contribution in [0.25, 0.3) is 0 Å². The van der Waals surface area contributed by atoms with Crippen LogP contribution < -0.4 is 10.6 Å². The molecule has 0 bridgehead atoms. The van der Waals surface area contributed by atoms with E-state index in [1.807, 2.05) is 13.8 Å². The van der Waals surface area contributed by atoms with Crippen LogP contribution in [0.2, 0.25) is 0 Å². The third kappa shape index (κ3) is 3.45. The van der Waals surface area contributed by atoms with Gasteiger partial charge in [0, 0.05) is 5.41 Å². The van der Waals surface area contributed by atoms with Crippen LogP contribution in [0, 0.1) is 11.3 Å². The van der Waals surface area contributed by atoms with E-state index in [1.165, 1.54) is 7.11 Å². The Kier molecular flexibility index (Phi) is 5.14. The van der Waals surface area contributed by atoms with Crippen molar-refractivity contribution in [1.82, 2.24) is 10.6 Å². The van der Waals surface area contributed by atoms with Crippen molar-refractivity contribution in [2.45, 2.75) is 39.7 Å². The number of hydrogen-bond donors (Lipinski definition) is 2. The molecule has 1 amide bonds. The van der Waals surface area contributed by atoms with Gasteiger partial charge in [-0.05, 0) is 38.8 Å². The van der Waals surface area contributed by atoms with E-state index < -0.39 is 17.4 Å². The van der Waals surface area contributed by atoms with E-state index in [0.29, 0.717) is 5.92 Å². The van der Waals surface area contributed by atoms with Crippen LogP contribution in [0.3, 0.4) is 0 Å². The predicted molar refractivity (Wildman–Crippen MR) is 69.0 cm³/mol. The van der Waals surface area contributed by atoms with Crippen LogP contribution in [0.4, 0.5) is 0 Å². The van der Waals surface area contributed by atoms with Gasteiger partial charge >= 0.3 is 5.97 Å². The molecule has 0 aromatic heterocycles. The standard InChI is InChI=1S/C13H24N2O3/c1-9(11(16)18-4)15-12(17)13(2,3)10-6-5-7-14-8-10/h9-10,14H,5-8H2,1-4H3,(H,15,17)/t9-,10?/m0/s1. The minimum absolute atomic E-state index is 0.0888. The summed E-state index contributed by atoms with van der Waals surface area (Å²) in [5, 5.41) is 6.04. The first kappa shape index (κ1) is 15.0. The number of rotatable bonds is 4. The number of amides is 1. The molecule has 0 spiro atoms. The predicted octanol–water partition coefficient (Wildman–Crippen LogP) is 0.690. The van der Waals surface area contributed by atoms with Gasteiger partial charge in [-0.1, -0.05) is 13.8 Å². The molecule has 1 aliphatic rings. The van der Waals surface area contributed by atoms with E-state index in [1.54, 1.807) is 6.92 Å². The molecule has 0 aliphatic carbocycles. The molecule has 2 atom stereocenters. The first-order valence-corrected chi connectivity index (χ1v) is 6.49. The zero-order valence-electron chi connectivity index (χ0n) is 11.7. The molecule has 104 valence electrons. The Hall–Kier alpha value is -1.10. The van der Waals surface area contributed by atoms with Gasteiger partial charge < -0.3 is 15.4 Å². The summed E-state index contributed by atoms with van der Waals surface area (Å²) in [7, 11) is 1.32. The maximum Gasteiger partial charge on any atom is 0.328 e. The average Bonchev–Trinajstić information content (AvgIpc) is 2.38. The van der Waals surface area contributed by atoms with Gasteiger partial charge in [-0.25, -0.2) is 4.79 Å². The Morgan fingerprint density at radius 1 is 1.44 bits per heavy atom. The third-order valence-electron chi connectivity index (χ3n) is 3.81. The van der Waals surface area contributed by atoms with Gasteiger partial charge in [0.1, 0.15) is 6.04 Å². The minimum Gasteiger partial charge on any atom is -0.467 e. The molecule has 5 nitrogen and oxygen atoms in total. The van der Waals surface area contributed by atoms with E-state index >= 15 is 0 Å². The maximum atomic E-state index is 12.2. The maximum absolute atomic E-state index is 12.2. The van der Waals surface area contributed by atoms with E-state index in [9.17, 15) is 9.59 Å². The Bertz CT molecular complexity index is 309. The van der Waals surface area contributed by atoms with Crippen LogP contribution in [-0.2, 0) is 14.3 Å². The topological polar surface area (TPSA) is 67.4 Å². The highest BCUT2D eigenvalue weighted by Crippen LogP contribution is 2.32. The lowest BCUT2D eigenvalue weighted by Crippen LogP contribution is -2.51. The van der Waals surface area contributed by atoms with Crippen LogP contribution in [0.15, 0.2) is 0 Å². The Balaban J connectivity index is 2.60. The van der Waals surface area contributed by atoms with Crippen molar-refractivity contribution in [3.8, 4) is 0 Å². The zero-order valence-corrected chi connectivity index (χ0v) is 11.7. The van der Waals surface area contributed by atoms with E-state index in [0.717, 1.165) is 25.9 Å². The average molecular weight is 256 g/mol. The molecule has 1 aliphatic heterocycles. The summed E-state index contributed by atoms with van der Waals surface area (Å²) < 4.78 is 4.61. The summed E-state index contributed by atoms with van der Waals surface area (Å²) in [5.41, 5.74) is -0.476. The molecule has 1 unspecified atom stereocenters. The molecular formula is C13H24N2O3. The molecule has 2 N–H and O–H groups in total. The Labute approximate surface area is 109 Å². The fraction of sp³-hybridized carbons (Fsp3) is 0.846. The molecule has 0 aromatic rings. The van der Waals surface area contributed by atoms with Crippen molar-refractivity contribution < 1.29 is 14.3 Å². The monoisotopic (exact) mass is 256 g/mol. The van der Waals surface area contributed by atoms with Gasteiger partial charge in [0.25, 0.3) is 0 Å². The summed E-state index contributed by atoms with van der Waals surface area (Å²) in [5.74, 6) is -0.203. The molecule has 18 heavy (non-hydrogen) atoms. The molecule has 1 heterocycles. The quantitative estimate of drug-likeness (QED) is 0.726. The number of nitrogens with one attached hydrogen (secondary N) is 2. The molecule has 0 aromatic carbocycles. The number of ether oxygens (including phenoxy) is 1. The van der Waals surface area contributed by atoms with Gasteiger partial charge in [0.15, 0.2) is 0 Å². The van der Waals surface area contributed by atoms with Crippen molar-refractivity contribution in [1.29, 1.82) is 0 Å². The second-order valence-electron chi connectivity index (χ2n) is 5.48. The molecule has 0 saturated carbocycles. The number of hydrogen-bond acceptors (Lipinski definition) is 4. The molecule has 5 heteroatoms. The summed E-state index contributed by atoms with van der Waals surface area (Å²) in [6.45, 7) is 7.38. The van der Waals surface area contributed by atoms with Crippen LogP contribution in [-0.4, -0.2) is 38.1 Å². The van der Waals surface area contributed by atoms with Gasteiger partial charge in [-0.3, -0.25) is 4.79 Å². The van der Waals surface area contributed by atoms with E-state index in [4.69, 9.17) is 0 Å². The lowest BCUT2D eigenvalue weighted by molar-refractivity contribution is -0.146. The van der Waals surface area contributed by atoms with Crippen LogP contribution in [0.5, 0.6) is 0 Å². The molecule has 1 saturated heterocycles. The summed E-state index contributed by atoms with van der Waals surface area (Å²) in [6, 6.07) is -0.599. The molecule has 0 radical (unpaired) electrons. The molecule has 1 rings (SSSR count). The van der Waals surface area contributed by atoms with Crippen LogP contribution in [0.1, 0.15) is 33.6 Å². The van der Waals surface area contributed by atoms with E-state index in [2.05, 4.69) is 15.4 Å². The SMILES string of the molecule is COC(=O)[C@H](C)NC(=O)C(C)(C)C1CCCNC1. The highest BCUT2D eigenvalue weighted by atomic mass is 16.5. The third-order valence-corrected chi connectivity index (χ3v) is 3.81. The number of methoxy groups -OCH3 is 1. The Morgan fingerprint density at radius 3 is 2.61 bits per heavy atom. The lowest BCUT2D eigenvalue weighted by Gasteiger charge is -2.36. The first-order chi connectivity index (χ1) is 8.39. The number of esters is 1. The number of carbonyl (C=O) groups is 2. The second-order valence-corrected chi connectivity index (χ2v) is 5.48. The second kappa shape index (κ2) is 6.18. The van der Waals surface area contributed by atoms with Crippen LogP contribution >= 0.6 is 0 Å². The van der Waals surface area contributed by atoms with Gasteiger partial charge in [-0.2, -0.15) is 0 Å². The first-order valence-electron chi connectivity index (χ1n) is 6.49. The number of piperidine rings is 1. The van der Waals surface area contributed by atoms with Crippen molar-refractivity contribution >= 4 is 11.9 Å². The molecular weight excluding hydrogens is 232 g/mol. The summed E-state index contributed by atoms with van der Waals surface area (Å²) in [4.78, 5) is 23.5. The minimum atomic E-state index is -0.599. The Morgan fingerprint density at radius 2 is 2.11 bits per heavy atom. The normalized spacial score (nSPS) is 22.1. The summed E-state index contributed by atoms with van der Waals surface area (Å²) >= 11 is 0. The van der Waals surface area contributed by atoms with Gasteiger partial charge in [0.05, 0.1) is 7.11 Å². The van der Waals surface area contributed by atoms with Crippen molar-refractivity contribution in [2.75, 3.05) is 20.2 Å². The van der Waals surface area contributed by atoms with Gasteiger partial charge in [0.2, 0.25) is 5.91 Å². The van der Waals surface area contributed by atoms with E-state index in [-0.39, 0.29) is 5.91 Å². The summed E-state index contributed by atoms with van der Waals surface area (Å²) in [6.07, 6.45) is 2.13. The fourth-order valence-corrected chi connectivity index (χ4v) is 2.27. The number of carbonyl (C=O) groups excluding carboxylic acids is 2. The van der Waals surface area contributed by atoms with Crippen molar-refractivity contribution in [3.05, 3.63) is 0 Å². The lowest BCUT2D eigenvalue weighted by atomic mass is 9.74. The van der Waals surface area contributed by atoms with Gasteiger partial charge in [-0.15, -0.1) is 0 Å². The fourth-order valence-electron chi connectivity index (χ4n) is 2.27. The van der Waals surface area contributed by atoms with Crippen molar-refractivity contribution in [2.24, 2.45) is 11.3 Å². The zero-order chi connectivity index (χ0) is 13.8. The highest BCUT2D eigenvalue weighted by molar-refractivity contribution is 5.87. The largest absolute Gasteiger partial charge is 0.467 e. The smallest absolute Gasteiger partial charge is 0.328 e. The van der Waals surface area contributed by atoms with Crippen molar-refractivity contribution in [3.63, 3.8) is 0 Å². The molecule has 1 fully saturated rings.